The fraction of sp³-hybridized carbons (Fsp3) is 0.185. The van der Waals surface area contributed by atoms with Crippen LogP contribution in [0.1, 0.15) is 40.3 Å². The Kier molecular flexibility index (Phi) is 6.23. The number of anilines is 1. The maximum Gasteiger partial charge on any atom is 0.416 e. The SMILES string of the molecule is Cc1ccc(-c2cc(C(F)(F)F)ccc2[C@H]2CCc3cc(S(=O)(=O)Nc4cccc(F)n4)ccc32)cn1. The van der Waals surface area contributed by atoms with Crippen molar-refractivity contribution in [3.8, 4) is 11.1 Å². The van der Waals surface area contributed by atoms with E-state index in [0.717, 1.165) is 40.6 Å². The van der Waals surface area contributed by atoms with Gasteiger partial charge in [0, 0.05) is 23.4 Å². The Bertz CT molecular complexity index is 1590. The van der Waals surface area contributed by atoms with Crippen molar-refractivity contribution in [2.24, 2.45) is 0 Å². The lowest BCUT2D eigenvalue weighted by atomic mass is 9.86. The molecule has 37 heavy (non-hydrogen) atoms. The van der Waals surface area contributed by atoms with Gasteiger partial charge in [0.05, 0.1) is 10.5 Å². The normalized spacial score (nSPS) is 15.4. The third-order valence-electron chi connectivity index (χ3n) is 6.43. The van der Waals surface area contributed by atoms with Crippen LogP contribution in [0.15, 0.2) is 77.8 Å². The number of hydrogen-bond acceptors (Lipinski definition) is 4. The Morgan fingerprint density at radius 3 is 2.46 bits per heavy atom. The van der Waals surface area contributed by atoms with Crippen LogP contribution in [0.5, 0.6) is 0 Å². The number of rotatable bonds is 5. The van der Waals surface area contributed by atoms with E-state index in [2.05, 4.69) is 14.7 Å². The number of sulfonamides is 1. The van der Waals surface area contributed by atoms with Gasteiger partial charge in [-0.15, -0.1) is 0 Å². The monoisotopic (exact) mass is 527 g/mol. The standard InChI is InChI=1S/C27H21F4N3O2S/c1-16-5-6-18(15-32-16)24-14-19(27(29,30)31)8-11-23(24)22-10-7-17-13-20(9-12-21(17)22)37(35,36)34-26-4-2-3-25(28)33-26/h2-6,8-9,11-15,22H,7,10H2,1H3,(H,33,34)/t22-/m0/s1. The van der Waals surface area contributed by atoms with E-state index in [1.807, 2.05) is 0 Å². The van der Waals surface area contributed by atoms with E-state index in [1.165, 1.54) is 24.3 Å². The minimum Gasteiger partial charge on any atom is -0.263 e. The number of alkyl halides is 3. The number of pyridine rings is 2. The molecule has 0 radical (unpaired) electrons. The Morgan fingerprint density at radius 1 is 0.973 bits per heavy atom. The highest BCUT2D eigenvalue weighted by Crippen LogP contribution is 2.44. The first kappa shape index (κ1) is 24.9. The second-order valence-electron chi connectivity index (χ2n) is 8.89. The minimum absolute atomic E-state index is 0.00617. The Morgan fingerprint density at radius 2 is 1.76 bits per heavy atom. The maximum absolute atomic E-state index is 13.5. The molecule has 1 atom stereocenters. The summed E-state index contributed by atoms with van der Waals surface area (Å²) in [6, 6.07) is 15.7. The highest BCUT2D eigenvalue weighted by Gasteiger charge is 2.33. The molecule has 190 valence electrons. The molecule has 2 aromatic heterocycles. The van der Waals surface area contributed by atoms with Crippen LogP contribution in [0.25, 0.3) is 11.1 Å². The second-order valence-corrected chi connectivity index (χ2v) is 10.6. The van der Waals surface area contributed by atoms with Crippen LogP contribution >= 0.6 is 0 Å². The first-order chi connectivity index (χ1) is 17.5. The van der Waals surface area contributed by atoms with Crippen LogP contribution in [0, 0.1) is 12.9 Å². The highest BCUT2D eigenvalue weighted by atomic mass is 32.2. The van der Waals surface area contributed by atoms with Crippen LogP contribution in [-0.4, -0.2) is 18.4 Å². The average Bonchev–Trinajstić information content (AvgIpc) is 3.27. The largest absolute Gasteiger partial charge is 0.416 e. The van der Waals surface area contributed by atoms with E-state index >= 15 is 0 Å². The molecule has 0 amide bonds. The van der Waals surface area contributed by atoms with E-state index in [-0.39, 0.29) is 16.6 Å². The zero-order chi connectivity index (χ0) is 26.4. The third-order valence-corrected chi connectivity index (χ3v) is 7.79. The predicted molar refractivity (Wildman–Crippen MR) is 131 cm³/mol. The quantitative estimate of drug-likeness (QED) is 0.238. The highest BCUT2D eigenvalue weighted by molar-refractivity contribution is 7.92. The van der Waals surface area contributed by atoms with Crippen molar-refractivity contribution in [3.63, 3.8) is 0 Å². The van der Waals surface area contributed by atoms with Gasteiger partial charge < -0.3 is 0 Å². The van der Waals surface area contributed by atoms with Gasteiger partial charge in [-0.25, -0.2) is 13.4 Å². The lowest BCUT2D eigenvalue weighted by Crippen LogP contribution is -2.14. The maximum atomic E-state index is 13.5. The first-order valence-corrected chi connectivity index (χ1v) is 12.9. The molecule has 1 N–H and O–H groups in total. The van der Waals surface area contributed by atoms with E-state index in [1.54, 1.807) is 37.4 Å². The number of aryl methyl sites for hydroxylation is 2. The van der Waals surface area contributed by atoms with Gasteiger partial charge in [0.1, 0.15) is 5.82 Å². The molecule has 10 heteroatoms. The van der Waals surface area contributed by atoms with Crippen molar-refractivity contribution in [1.29, 1.82) is 0 Å². The van der Waals surface area contributed by atoms with Crippen molar-refractivity contribution in [3.05, 3.63) is 107 Å². The first-order valence-electron chi connectivity index (χ1n) is 11.4. The summed E-state index contributed by atoms with van der Waals surface area (Å²) in [6.07, 6.45) is -1.78. The van der Waals surface area contributed by atoms with Crippen molar-refractivity contribution in [2.45, 2.75) is 36.8 Å². The Balaban J connectivity index is 1.52. The number of nitrogens with zero attached hydrogens (tertiary/aromatic N) is 2. The summed E-state index contributed by atoms with van der Waals surface area (Å²) in [5, 5.41) is 0. The number of nitrogens with one attached hydrogen (secondary N) is 1. The van der Waals surface area contributed by atoms with Crippen molar-refractivity contribution >= 4 is 15.8 Å². The van der Waals surface area contributed by atoms with Crippen molar-refractivity contribution in [2.75, 3.05) is 4.72 Å². The van der Waals surface area contributed by atoms with E-state index in [9.17, 15) is 26.0 Å². The van der Waals surface area contributed by atoms with Gasteiger partial charge in [0.2, 0.25) is 5.95 Å². The fourth-order valence-electron chi connectivity index (χ4n) is 4.66. The van der Waals surface area contributed by atoms with E-state index in [4.69, 9.17) is 0 Å². The lowest BCUT2D eigenvalue weighted by molar-refractivity contribution is -0.137. The number of benzene rings is 2. The number of halogens is 4. The summed E-state index contributed by atoms with van der Waals surface area (Å²) >= 11 is 0. The molecule has 1 aliphatic rings. The molecular formula is C27H21F4N3O2S. The molecule has 1 aliphatic carbocycles. The molecule has 0 saturated carbocycles. The molecular weight excluding hydrogens is 506 g/mol. The van der Waals surface area contributed by atoms with Gasteiger partial charge >= 0.3 is 6.18 Å². The molecule has 5 rings (SSSR count). The van der Waals surface area contributed by atoms with E-state index < -0.39 is 27.7 Å². The lowest BCUT2D eigenvalue weighted by Gasteiger charge is -2.19. The summed E-state index contributed by atoms with van der Waals surface area (Å²) in [5.41, 5.74) is 3.37. The summed E-state index contributed by atoms with van der Waals surface area (Å²) < 4.78 is 82.0. The zero-order valence-corrected chi connectivity index (χ0v) is 20.4. The van der Waals surface area contributed by atoms with E-state index in [0.29, 0.717) is 24.0 Å². The van der Waals surface area contributed by atoms with Crippen LogP contribution in [-0.2, 0) is 22.6 Å². The third kappa shape index (κ3) is 5.06. The van der Waals surface area contributed by atoms with Gasteiger partial charge in [-0.05, 0) is 84.5 Å². The van der Waals surface area contributed by atoms with Gasteiger partial charge in [-0.2, -0.15) is 17.6 Å². The molecule has 0 unspecified atom stereocenters. The molecule has 4 aromatic rings. The summed E-state index contributed by atoms with van der Waals surface area (Å²) in [7, 11) is -4.02. The number of aromatic nitrogens is 2. The summed E-state index contributed by atoms with van der Waals surface area (Å²) in [6.45, 7) is 1.80. The molecule has 0 saturated heterocycles. The van der Waals surface area contributed by atoms with Crippen LogP contribution in [0.2, 0.25) is 0 Å². The number of hydrogen-bond donors (Lipinski definition) is 1. The molecule has 5 nitrogen and oxygen atoms in total. The number of fused-ring (bicyclic) bond motifs is 1. The molecule has 0 fully saturated rings. The zero-order valence-electron chi connectivity index (χ0n) is 19.6. The van der Waals surface area contributed by atoms with Crippen LogP contribution < -0.4 is 4.72 Å². The topological polar surface area (TPSA) is 72.0 Å². The fourth-order valence-corrected chi connectivity index (χ4v) is 5.71. The Labute approximate surface area is 211 Å². The Hall–Kier alpha value is -3.79. The predicted octanol–water partition coefficient (Wildman–Crippen LogP) is 6.49. The van der Waals surface area contributed by atoms with Gasteiger partial charge in [-0.1, -0.05) is 24.3 Å². The molecule has 2 aromatic carbocycles. The van der Waals surface area contributed by atoms with Gasteiger partial charge in [0.25, 0.3) is 10.0 Å². The molecule has 2 heterocycles. The molecule has 0 aliphatic heterocycles. The van der Waals surface area contributed by atoms with Crippen molar-refractivity contribution in [1.82, 2.24) is 9.97 Å². The molecule has 0 bridgehead atoms. The smallest absolute Gasteiger partial charge is 0.263 e. The van der Waals surface area contributed by atoms with Crippen LogP contribution in [0.3, 0.4) is 0 Å². The van der Waals surface area contributed by atoms with Crippen molar-refractivity contribution < 1.29 is 26.0 Å². The average molecular weight is 528 g/mol. The second kappa shape index (κ2) is 9.26. The minimum atomic E-state index is -4.49. The summed E-state index contributed by atoms with van der Waals surface area (Å²) in [4.78, 5) is 7.78. The van der Waals surface area contributed by atoms with Gasteiger partial charge in [0.15, 0.2) is 0 Å². The van der Waals surface area contributed by atoms with Crippen LogP contribution in [0.4, 0.5) is 23.4 Å². The molecule has 0 spiro atoms. The van der Waals surface area contributed by atoms with Gasteiger partial charge in [-0.3, -0.25) is 9.71 Å². The summed E-state index contributed by atoms with van der Waals surface area (Å²) in [5.74, 6) is -1.17.